The first kappa shape index (κ1) is 15.4. The number of nitrogens with zero attached hydrogens (tertiary/aromatic N) is 5. The zero-order valence-electron chi connectivity index (χ0n) is 14.1. The molecular weight excluding hydrogens is 304 g/mol. The Balaban J connectivity index is 1.36. The van der Waals surface area contributed by atoms with Crippen molar-refractivity contribution in [3.63, 3.8) is 0 Å². The Morgan fingerprint density at radius 2 is 2.04 bits per heavy atom. The number of anilines is 1. The number of carbonyl (C=O) groups is 1. The van der Waals surface area contributed by atoms with Gasteiger partial charge in [-0.05, 0) is 44.9 Å². The van der Waals surface area contributed by atoms with Crippen LogP contribution in [-0.4, -0.2) is 44.6 Å². The van der Waals surface area contributed by atoms with Gasteiger partial charge in [-0.3, -0.25) is 9.20 Å². The van der Waals surface area contributed by atoms with Gasteiger partial charge >= 0.3 is 0 Å². The molecule has 7 heteroatoms. The van der Waals surface area contributed by atoms with Crippen molar-refractivity contribution in [2.45, 2.75) is 51.5 Å². The van der Waals surface area contributed by atoms with Gasteiger partial charge in [0, 0.05) is 37.9 Å². The van der Waals surface area contributed by atoms with E-state index in [1.807, 2.05) is 17.5 Å². The van der Waals surface area contributed by atoms with Crippen LogP contribution in [0, 0.1) is 12.8 Å². The Morgan fingerprint density at radius 3 is 2.75 bits per heavy atom. The molecule has 0 aromatic carbocycles. The minimum atomic E-state index is 0.228. The van der Waals surface area contributed by atoms with Crippen LogP contribution in [0.3, 0.4) is 0 Å². The number of aryl methyl sites for hydroxylation is 1. The lowest BCUT2D eigenvalue weighted by atomic mass is 9.90. The molecule has 1 N–H and O–H groups in total. The summed E-state index contributed by atoms with van der Waals surface area (Å²) in [6, 6.07) is 0.440. The predicted octanol–water partition coefficient (Wildman–Crippen LogP) is 1.71. The predicted molar refractivity (Wildman–Crippen MR) is 90.9 cm³/mol. The Hall–Kier alpha value is -2.18. The van der Waals surface area contributed by atoms with Crippen LogP contribution in [0.2, 0.25) is 0 Å². The Morgan fingerprint density at radius 1 is 1.25 bits per heavy atom. The van der Waals surface area contributed by atoms with Crippen LogP contribution in [0.25, 0.3) is 5.65 Å². The van der Waals surface area contributed by atoms with Crippen molar-refractivity contribution in [2.24, 2.45) is 5.92 Å². The normalized spacial score (nSPS) is 19.5. The van der Waals surface area contributed by atoms with E-state index in [9.17, 15) is 4.79 Å². The van der Waals surface area contributed by atoms with Crippen LogP contribution in [0.1, 0.15) is 44.3 Å². The lowest BCUT2D eigenvalue weighted by molar-refractivity contribution is -0.123. The smallest absolute Gasteiger partial charge is 0.220 e. The van der Waals surface area contributed by atoms with E-state index in [1.165, 1.54) is 6.42 Å². The van der Waals surface area contributed by atoms with Crippen LogP contribution in [0.5, 0.6) is 0 Å². The van der Waals surface area contributed by atoms with E-state index < -0.39 is 0 Å². The molecule has 4 rings (SSSR count). The third-order valence-electron chi connectivity index (χ3n) is 5.34. The molecule has 128 valence electrons. The lowest BCUT2D eigenvalue weighted by Crippen LogP contribution is -2.41. The van der Waals surface area contributed by atoms with Gasteiger partial charge in [0.05, 0.1) is 0 Å². The largest absolute Gasteiger partial charge is 0.353 e. The van der Waals surface area contributed by atoms with Crippen LogP contribution < -0.4 is 10.2 Å². The molecule has 2 aromatic rings. The summed E-state index contributed by atoms with van der Waals surface area (Å²) in [5.74, 6) is 2.47. The minimum absolute atomic E-state index is 0.228. The topological polar surface area (TPSA) is 75.4 Å². The van der Waals surface area contributed by atoms with Gasteiger partial charge in [-0.15, -0.1) is 10.2 Å². The van der Waals surface area contributed by atoms with Crippen LogP contribution in [0.4, 0.5) is 5.82 Å². The second-order valence-electron chi connectivity index (χ2n) is 7.02. The molecule has 1 aliphatic carbocycles. The first-order chi connectivity index (χ1) is 11.7. The summed E-state index contributed by atoms with van der Waals surface area (Å²) in [5.41, 5.74) is 0.816. The molecule has 2 aliphatic rings. The molecule has 24 heavy (non-hydrogen) atoms. The Bertz CT molecular complexity index is 730. The van der Waals surface area contributed by atoms with E-state index in [2.05, 4.69) is 25.4 Å². The van der Waals surface area contributed by atoms with Gasteiger partial charge in [0.1, 0.15) is 5.82 Å². The van der Waals surface area contributed by atoms with Crippen LogP contribution in [0.15, 0.2) is 12.4 Å². The fourth-order valence-electron chi connectivity index (χ4n) is 3.60. The summed E-state index contributed by atoms with van der Waals surface area (Å²) in [4.78, 5) is 18.9. The number of piperidine rings is 1. The molecule has 0 bridgehead atoms. The number of hydrogen-bond donors (Lipinski definition) is 1. The molecular formula is C17H24N6O. The highest BCUT2D eigenvalue weighted by atomic mass is 16.1. The van der Waals surface area contributed by atoms with Crippen molar-refractivity contribution in [2.75, 3.05) is 18.0 Å². The van der Waals surface area contributed by atoms with Gasteiger partial charge in [-0.1, -0.05) is 0 Å². The molecule has 1 aliphatic heterocycles. The number of fused-ring (bicyclic) bond motifs is 1. The first-order valence-corrected chi connectivity index (χ1v) is 8.91. The summed E-state index contributed by atoms with van der Waals surface area (Å²) in [7, 11) is 0. The maximum Gasteiger partial charge on any atom is 0.220 e. The number of carbonyl (C=O) groups excluding carboxylic acids is 1. The fraction of sp³-hybridized carbons (Fsp3) is 0.647. The molecule has 3 heterocycles. The van der Waals surface area contributed by atoms with E-state index in [4.69, 9.17) is 0 Å². The summed E-state index contributed by atoms with van der Waals surface area (Å²) in [6.07, 6.45) is 9.95. The monoisotopic (exact) mass is 328 g/mol. The van der Waals surface area contributed by atoms with Crippen LogP contribution in [-0.2, 0) is 4.79 Å². The Labute approximate surface area is 141 Å². The molecule has 0 radical (unpaired) electrons. The van der Waals surface area contributed by atoms with E-state index in [0.29, 0.717) is 18.4 Å². The molecule has 1 amide bonds. The van der Waals surface area contributed by atoms with E-state index in [-0.39, 0.29) is 5.91 Å². The highest BCUT2D eigenvalue weighted by molar-refractivity contribution is 5.76. The average molecular weight is 328 g/mol. The number of rotatable bonds is 4. The molecule has 0 atom stereocenters. The van der Waals surface area contributed by atoms with Gasteiger partial charge in [0.25, 0.3) is 0 Å². The summed E-state index contributed by atoms with van der Waals surface area (Å²) in [5, 5.41) is 11.5. The third-order valence-corrected chi connectivity index (χ3v) is 5.34. The molecule has 2 aromatic heterocycles. The fourth-order valence-corrected chi connectivity index (χ4v) is 3.60. The van der Waals surface area contributed by atoms with Crippen molar-refractivity contribution in [3.8, 4) is 0 Å². The summed E-state index contributed by atoms with van der Waals surface area (Å²) >= 11 is 0. The zero-order valence-corrected chi connectivity index (χ0v) is 14.1. The van der Waals surface area contributed by atoms with Crippen molar-refractivity contribution >= 4 is 17.4 Å². The SMILES string of the molecule is Cc1nnc2c(N3CCC(CC(=O)NC4CCC4)CC3)nccn12. The molecule has 1 saturated carbocycles. The van der Waals surface area contributed by atoms with Crippen molar-refractivity contribution in [1.82, 2.24) is 24.9 Å². The van der Waals surface area contributed by atoms with E-state index >= 15 is 0 Å². The standard InChI is InChI=1S/C17H24N6O/c1-12-20-21-17-16(18-7-10-23(12)17)22-8-5-13(6-9-22)11-15(24)19-14-3-2-4-14/h7,10,13-14H,2-6,8-9,11H2,1H3,(H,19,24). The number of aromatic nitrogens is 4. The maximum absolute atomic E-state index is 12.1. The minimum Gasteiger partial charge on any atom is -0.353 e. The number of hydrogen-bond acceptors (Lipinski definition) is 5. The number of amides is 1. The van der Waals surface area contributed by atoms with Crippen molar-refractivity contribution in [1.29, 1.82) is 0 Å². The highest BCUT2D eigenvalue weighted by Gasteiger charge is 2.26. The molecule has 7 nitrogen and oxygen atoms in total. The molecule has 1 saturated heterocycles. The molecule has 0 spiro atoms. The molecule has 0 unspecified atom stereocenters. The van der Waals surface area contributed by atoms with Crippen molar-refractivity contribution < 1.29 is 4.79 Å². The van der Waals surface area contributed by atoms with Crippen molar-refractivity contribution in [3.05, 3.63) is 18.2 Å². The summed E-state index contributed by atoms with van der Waals surface area (Å²) < 4.78 is 1.97. The van der Waals surface area contributed by atoms with Gasteiger partial charge in [0.2, 0.25) is 11.6 Å². The van der Waals surface area contributed by atoms with Gasteiger partial charge in [-0.2, -0.15) is 0 Å². The quantitative estimate of drug-likeness (QED) is 0.925. The zero-order chi connectivity index (χ0) is 16.5. The van der Waals surface area contributed by atoms with Gasteiger partial charge in [-0.25, -0.2) is 4.98 Å². The first-order valence-electron chi connectivity index (χ1n) is 8.91. The van der Waals surface area contributed by atoms with Gasteiger partial charge < -0.3 is 10.2 Å². The summed E-state index contributed by atoms with van der Waals surface area (Å²) in [6.45, 7) is 3.77. The number of nitrogens with one attached hydrogen (secondary N) is 1. The third kappa shape index (κ3) is 2.95. The lowest BCUT2D eigenvalue weighted by Gasteiger charge is -2.33. The van der Waals surface area contributed by atoms with E-state index in [0.717, 1.165) is 56.1 Å². The second-order valence-corrected chi connectivity index (χ2v) is 7.02. The van der Waals surface area contributed by atoms with Gasteiger partial charge in [0.15, 0.2) is 5.82 Å². The highest BCUT2D eigenvalue weighted by Crippen LogP contribution is 2.26. The van der Waals surface area contributed by atoms with Crippen LogP contribution >= 0.6 is 0 Å². The average Bonchev–Trinajstić information content (AvgIpc) is 2.93. The maximum atomic E-state index is 12.1. The second kappa shape index (κ2) is 6.37. The molecule has 2 fully saturated rings. The Kier molecular flexibility index (Phi) is 4.08. The van der Waals surface area contributed by atoms with E-state index in [1.54, 1.807) is 6.20 Å².